The fourth-order valence-corrected chi connectivity index (χ4v) is 3.69. The second-order valence-corrected chi connectivity index (χ2v) is 7.88. The molecule has 3 N–H and O–H groups in total. The van der Waals surface area contributed by atoms with Crippen LogP contribution in [0.25, 0.3) is 0 Å². The van der Waals surface area contributed by atoms with Crippen LogP contribution in [0, 0.1) is 0 Å². The van der Waals surface area contributed by atoms with Gasteiger partial charge in [-0.2, -0.15) is 0 Å². The number of pyridine rings is 1. The van der Waals surface area contributed by atoms with E-state index in [1.807, 2.05) is 11.8 Å². The zero-order chi connectivity index (χ0) is 19.5. The van der Waals surface area contributed by atoms with E-state index in [-0.39, 0.29) is 17.3 Å². The Hall–Kier alpha value is -2.20. The highest BCUT2D eigenvalue weighted by Gasteiger charge is 2.18. The van der Waals surface area contributed by atoms with E-state index < -0.39 is 10.0 Å². The van der Waals surface area contributed by atoms with E-state index in [0.717, 1.165) is 25.9 Å². The lowest BCUT2D eigenvalue weighted by molar-refractivity contribution is -0.127. The molecule has 0 atom stereocenters. The number of nitrogens with zero attached hydrogens (tertiary/aromatic N) is 3. The monoisotopic (exact) mass is 396 g/mol. The lowest BCUT2D eigenvalue weighted by Gasteiger charge is -2.15. The number of sulfonamides is 1. The van der Waals surface area contributed by atoms with Crippen LogP contribution >= 0.6 is 0 Å². The number of aliphatic imine (C=N–C) groups is 1. The van der Waals surface area contributed by atoms with Gasteiger partial charge in [0, 0.05) is 58.1 Å². The number of aromatic nitrogens is 1. The molecular weight excluding hydrogens is 368 g/mol. The van der Waals surface area contributed by atoms with Crippen molar-refractivity contribution in [2.45, 2.75) is 31.1 Å². The predicted molar refractivity (Wildman–Crippen MR) is 104 cm³/mol. The van der Waals surface area contributed by atoms with E-state index in [0.29, 0.717) is 32.0 Å². The van der Waals surface area contributed by atoms with Crippen molar-refractivity contribution in [1.82, 2.24) is 25.2 Å². The zero-order valence-corrected chi connectivity index (χ0v) is 16.5. The van der Waals surface area contributed by atoms with Crippen molar-refractivity contribution in [3.63, 3.8) is 0 Å². The third kappa shape index (κ3) is 7.14. The van der Waals surface area contributed by atoms with Gasteiger partial charge in [0.25, 0.3) is 0 Å². The number of guanidine groups is 1. The fraction of sp³-hybridized carbons (Fsp3) is 0.588. The molecule has 0 bridgehead atoms. The summed E-state index contributed by atoms with van der Waals surface area (Å²) in [7, 11) is -3.56. The van der Waals surface area contributed by atoms with E-state index >= 15 is 0 Å². The summed E-state index contributed by atoms with van der Waals surface area (Å²) < 4.78 is 26.7. The van der Waals surface area contributed by atoms with Crippen LogP contribution in [0.5, 0.6) is 0 Å². The molecule has 0 spiro atoms. The standard InChI is InChI=1S/C17H28N6O3S/c1-2-19-17(20-9-5-13-23-12-4-7-16(23)24)21-10-11-22-27(25,26)15-6-3-8-18-14-15/h3,6,8,14,22H,2,4-5,7,9-13H2,1H3,(H2,19,20,21). The second kappa shape index (κ2) is 10.8. The maximum Gasteiger partial charge on any atom is 0.242 e. The molecule has 0 aliphatic carbocycles. The van der Waals surface area contributed by atoms with Gasteiger partial charge in [-0.3, -0.25) is 14.8 Å². The van der Waals surface area contributed by atoms with Crippen molar-refractivity contribution in [1.29, 1.82) is 0 Å². The van der Waals surface area contributed by atoms with E-state index in [9.17, 15) is 13.2 Å². The first-order valence-electron chi connectivity index (χ1n) is 9.22. The first-order valence-corrected chi connectivity index (χ1v) is 10.7. The number of likely N-dealkylation sites (tertiary alicyclic amines) is 1. The number of amides is 1. The van der Waals surface area contributed by atoms with E-state index in [4.69, 9.17) is 0 Å². The van der Waals surface area contributed by atoms with Crippen molar-refractivity contribution in [3.8, 4) is 0 Å². The Balaban J connectivity index is 1.71. The maximum atomic E-state index is 12.1. The molecule has 1 aliphatic rings. The summed E-state index contributed by atoms with van der Waals surface area (Å²) in [5.74, 6) is 0.857. The molecule has 0 aromatic carbocycles. The van der Waals surface area contributed by atoms with Crippen LogP contribution in [0.1, 0.15) is 26.2 Å². The predicted octanol–water partition coefficient (Wildman–Crippen LogP) is -0.0725. The normalized spacial score (nSPS) is 15.2. The molecule has 27 heavy (non-hydrogen) atoms. The van der Waals surface area contributed by atoms with Gasteiger partial charge in [0.1, 0.15) is 4.90 Å². The van der Waals surface area contributed by atoms with Crippen molar-refractivity contribution < 1.29 is 13.2 Å². The molecule has 0 saturated carbocycles. The van der Waals surface area contributed by atoms with Gasteiger partial charge in [-0.1, -0.05) is 0 Å². The Morgan fingerprint density at radius 1 is 1.33 bits per heavy atom. The third-order valence-electron chi connectivity index (χ3n) is 4.03. The summed E-state index contributed by atoms with van der Waals surface area (Å²) >= 11 is 0. The maximum absolute atomic E-state index is 12.1. The van der Waals surface area contributed by atoms with E-state index in [1.165, 1.54) is 18.5 Å². The summed E-state index contributed by atoms with van der Waals surface area (Å²) in [6.45, 7) is 5.47. The van der Waals surface area contributed by atoms with Crippen molar-refractivity contribution in [2.75, 3.05) is 39.3 Å². The SMILES string of the molecule is CCNC(=NCCCN1CCCC1=O)NCCNS(=O)(=O)c1cccnc1. The molecule has 9 nitrogen and oxygen atoms in total. The van der Waals surface area contributed by atoms with Gasteiger partial charge in [-0.15, -0.1) is 0 Å². The largest absolute Gasteiger partial charge is 0.357 e. The first kappa shape index (κ1) is 21.1. The lowest BCUT2D eigenvalue weighted by Crippen LogP contribution is -2.41. The van der Waals surface area contributed by atoms with Gasteiger partial charge in [0.15, 0.2) is 5.96 Å². The Bertz CT molecular complexity index is 723. The molecule has 150 valence electrons. The smallest absolute Gasteiger partial charge is 0.242 e. The van der Waals surface area contributed by atoms with Crippen molar-refractivity contribution in [3.05, 3.63) is 24.5 Å². The minimum absolute atomic E-state index is 0.141. The molecule has 2 heterocycles. The number of carbonyl (C=O) groups is 1. The Kier molecular flexibility index (Phi) is 8.46. The molecule has 1 aromatic rings. The lowest BCUT2D eigenvalue weighted by atomic mass is 10.4. The zero-order valence-electron chi connectivity index (χ0n) is 15.6. The second-order valence-electron chi connectivity index (χ2n) is 6.11. The van der Waals surface area contributed by atoms with Crippen LogP contribution in [0.2, 0.25) is 0 Å². The van der Waals surface area contributed by atoms with Crippen LogP contribution in [0.3, 0.4) is 0 Å². The minimum Gasteiger partial charge on any atom is -0.357 e. The summed E-state index contributed by atoms with van der Waals surface area (Å²) in [5.41, 5.74) is 0. The molecule has 0 radical (unpaired) electrons. The molecule has 10 heteroatoms. The highest BCUT2D eigenvalue weighted by atomic mass is 32.2. The molecule has 1 aromatic heterocycles. The molecule has 1 aliphatic heterocycles. The molecule has 1 fully saturated rings. The molecule has 0 unspecified atom stereocenters. The fourth-order valence-electron chi connectivity index (χ4n) is 2.69. The van der Waals surface area contributed by atoms with Gasteiger partial charge in [0.05, 0.1) is 0 Å². The molecule has 1 amide bonds. The van der Waals surface area contributed by atoms with Crippen LogP contribution in [-0.2, 0) is 14.8 Å². The average Bonchev–Trinajstić information content (AvgIpc) is 3.07. The summed E-state index contributed by atoms with van der Waals surface area (Å²) in [5, 5.41) is 6.22. The van der Waals surface area contributed by atoms with E-state index in [2.05, 4.69) is 25.3 Å². The number of carbonyl (C=O) groups excluding carboxylic acids is 1. The highest BCUT2D eigenvalue weighted by molar-refractivity contribution is 7.89. The van der Waals surface area contributed by atoms with Crippen molar-refractivity contribution >= 4 is 21.9 Å². The molecule has 1 saturated heterocycles. The summed E-state index contributed by atoms with van der Waals surface area (Å²) in [6, 6.07) is 3.08. The van der Waals surface area contributed by atoms with Gasteiger partial charge >= 0.3 is 0 Å². The topological polar surface area (TPSA) is 116 Å². The van der Waals surface area contributed by atoms with Gasteiger partial charge in [-0.25, -0.2) is 13.1 Å². The van der Waals surface area contributed by atoms with Gasteiger partial charge in [-0.05, 0) is 31.9 Å². The number of hydrogen-bond donors (Lipinski definition) is 3. The van der Waals surface area contributed by atoms with Crippen LogP contribution in [0.4, 0.5) is 0 Å². The van der Waals surface area contributed by atoms with E-state index in [1.54, 1.807) is 6.07 Å². The van der Waals surface area contributed by atoms with Gasteiger partial charge < -0.3 is 15.5 Å². The number of rotatable bonds is 10. The molecule has 2 rings (SSSR count). The minimum atomic E-state index is -3.56. The average molecular weight is 397 g/mol. The quantitative estimate of drug-likeness (QED) is 0.290. The Labute approximate surface area is 160 Å². The Morgan fingerprint density at radius 2 is 2.19 bits per heavy atom. The molecular formula is C17H28N6O3S. The summed E-state index contributed by atoms with van der Waals surface area (Å²) in [4.78, 5) is 21.9. The van der Waals surface area contributed by atoms with Crippen LogP contribution in [0.15, 0.2) is 34.4 Å². The Morgan fingerprint density at radius 3 is 2.85 bits per heavy atom. The van der Waals surface area contributed by atoms with Crippen LogP contribution < -0.4 is 15.4 Å². The summed E-state index contributed by atoms with van der Waals surface area (Å²) in [6.07, 6.45) is 5.24. The highest BCUT2D eigenvalue weighted by Crippen LogP contribution is 2.09. The first-order chi connectivity index (χ1) is 13.0. The van der Waals surface area contributed by atoms with Crippen molar-refractivity contribution in [2.24, 2.45) is 4.99 Å². The third-order valence-corrected chi connectivity index (χ3v) is 5.47. The van der Waals surface area contributed by atoms with Crippen LogP contribution in [-0.4, -0.2) is 69.4 Å². The number of hydrogen-bond acceptors (Lipinski definition) is 5. The van der Waals surface area contributed by atoms with Gasteiger partial charge in [0.2, 0.25) is 15.9 Å². The number of nitrogens with one attached hydrogen (secondary N) is 3.